The first kappa shape index (κ1) is 35.0. The highest BCUT2D eigenvalue weighted by atomic mass is 32.2. The van der Waals surface area contributed by atoms with E-state index in [0.29, 0.717) is 26.4 Å². The first-order valence-corrected chi connectivity index (χ1v) is 16.8. The number of carbonyl (C=O) groups is 1. The second-order valence-electron chi connectivity index (χ2n) is 9.82. The molecule has 16 heteroatoms. The zero-order valence-electron chi connectivity index (χ0n) is 24.9. The number of hydrogen-bond donors (Lipinski definition) is 4. The summed E-state index contributed by atoms with van der Waals surface area (Å²) in [7, 11) is -7.81. The maximum Gasteiger partial charge on any atom is 0.336 e. The molecule has 0 fully saturated rings. The number of hydrogen-bond acceptors (Lipinski definition) is 11. The maximum absolute atomic E-state index is 13.6. The third kappa shape index (κ3) is 7.91. The average Bonchev–Trinajstić information content (AvgIpc) is 2.99. The molecule has 3 aromatic carbocycles. The van der Waals surface area contributed by atoms with Gasteiger partial charge in [0.2, 0.25) is 10.0 Å². The third-order valence-electron chi connectivity index (χ3n) is 6.75. The second-order valence-corrected chi connectivity index (χ2v) is 12.9. The minimum absolute atomic E-state index is 0.0212. The van der Waals surface area contributed by atoms with E-state index in [1.165, 1.54) is 42.5 Å². The summed E-state index contributed by atoms with van der Waals surface area (Å²) >= 11 is 0. The lowest BCUT2D eigenvalue weighted by atomic mass is 9.89. The topological polar surface area (TPSA) is 210 Å². The van der Waals surface area contributed by atoms with E-state index >= 15 is 0 Å². The summed E-state index contributed by atoms with van der Waals surface area (Å²) in [5.74, 6) is -2.09. The predicted molar refractivity (Wildman–Crippen MR) is 166 cm³/mol. The van der Waals surface area contributed by atoms with Gasteiger partial charge in [0.1, 0.15) is 9.79 Å². The molecule has 46 heavy (non-hydrogen) atoms. The molecule has 0 aliphatic carbocycles. The Hall–Kier alpha value is -3.87. The van der Waals surface area contributed by atoms with Gasteiger partial charge in [-0.15, -0.1) is 0 Å². The van der Waals surface area contributed by atoms with Crippen LogP contribution >= 0.6 is 0 Å². The van der Waals surface area contributed by atoms with Crippen molar-refractivity contribution >= 4 is 44.0 Å². The molecule has 248 valence electrons. The minimum Gasteiger partial charge on any atom is -0.478 e. The molecule has 0 unspecified atom stereocenters. The largest absolute Gasteiger partial charge is 0.478 e. The standard InChI is InChI=1S/C30H34N2O12S2/c1-19-7-8-22-25(20-5-3-4-6-21(20)30(33)34)23-9-10-24(31)29(27(23)44-26(22)28(19)46(37,38)39)45(35,36)32-11-12-41-15-16-43-18-17-42-14-13-40-2/h3-10,32H,1,11-18,31H2,2H3,(H,33,34)(H,37,38,39). The predicted octanol–water partition coefficient (Wildman–Crippen LogP) is 0.952. The summed E-state index contributed by atoms with van der Waals surface area (Å²) in [5, 5.41) is 9.89. The third-order valence-corrected chi connectivity index (χ3v) is 9.25. The molecular weight excluding hydrogens is 644 g/mol. The van der Waals surface area contributed by atoms with Crippen molar-refractivity contribution < 1.29 is 55.0 Å². The van der Waals surface area contributed by atoms with Crippen molar-refractivity contribution in [2.24, 2.45) is 0 Å². The van der Waals surface area contributed by atoms with E-state index in [1.807, 2.05) is 0 Å². The van der Waals surface area contributed by atoms with Gasteiger partial charge in [-0.3, -0.25) is 4.55 Å². The number of ether oxygens (including phenoxy) is 5. The van der Waals surface area contributed by atoms with Crippen LogP contribution in [0.2, 0.25) is 0 Å². The SMILES string of the molecule is C=c1ccc2c(c1S(=O)(=O)O)Oc1c(ccc(N)c1S(=O)(=O)NCCOCCOCCOCCOC)C=2c1ccccc1C(=O)O. The Morgan fingerprint density at radius 1 is 0.848 bits per heavy atom. The lowest BCUT2D eigenvalue weighted by molar-refractivity contribution is 0.00445. The van der Waals surface area contributed by atoms with Gasteiger partial charge in [-0.25, -0.2) is 17.9 Å². The number of carboxylic acid groups (broad SMARTS) is 1. The van der Waals surface area contributed by atoms with Crippen molar-refractivity contribution in [3.05, 3.63) is 75.7 Å². The van der Waals surface area contributed by atoms with Gasteiger partial charge in [0.15, 0.2) is 11.5 Å². The molecule has 1 aliphatic rings. The number of aromatic carboxylic acids is 1. The lowest BCUT2D eigenvalue weighted by Gasteiger charge is -2.26. The molecular formula is C30H34N2O12S2. The van der Waals surface area contributed by atoms with E-state index in [-0.39, 0.29) is 70.5 Å². The quantitative estimate of drug-likeness (QED) is 0.0697. The van der Waals surface area contributed by atoms with Gasteiger partial charge in [-0.05, 0) is 35.0 Å². The van der Waals surface area contributed by atoms with Gasteiger partial charge in [-0.1, -0.05) is 30.8 Å². The van der Waals surface area contributed by atoms with Crippen LogP contribution in [0.4, 0.5) is 5.69 Å². The Morgan fingerprint density at radius 2 is 1.48 bits per heavy atom. The van der Waals surface area contributed by atoms with Crippen molar-refractivity contribution in [2.45, 2.75) is 9.79 Å². The number of fused-ring (bicyclic) bond motifs is 2. The summed E-state index contributed by atoms with van der Waals surface area (Å²) in [5.41, 5.74) is 6.17. The summed E-state index contributed by atoms with van der Waals surface area (Å²) in [6, 6.07) is 11.4. The summed E-state index contributed by atoms with van der Waals surface area (Å²) in [4.78, 5) is 11.0. The van der Waals surface area contributed by atoms with E-state index < -0.39 is 41.7 Å². The highest BCUT2D eigenvalue weighted by molar-refractivity contribution is 7.89. The van der Waals surface area contributed by atoms with Gasteiger partial charge >= 0.3 is 5.97 Å². The van der Waals surface area contributed by atoms with Gasteiger partial charge < -0.3 is 34.5 Å². The van der Waals surface area contributed by atoms with Crippen molar-refractivity contribution in [2.75, 3.05) is 65.6 Å². The first-order valence-electron chi connectivity index (χ1n) is 13.9. The van der Waals surface area contributed by atoms with E-state index in [0.717, 1.165) is 0 Å². The molecule has 0 saturated carbocycles. The van der Waals surface area contributed by atoms with Crippen LogP contribution in [0.15, 0.2) is 58.3 Å². The Balaban J connectivity index is 1.66. The van der Waals surface area contributed by atoms with Crippen LogP contribution < -0.4 is 25.6 Å². The summed E-state index contributed by atoms with van der Waals surface area (Å²) in [6.45, 7) is 5.61. The van der Waals surface area contributed by atoms with Gasteiger partial charge in [0.25, 0.3) is 10.1 Å². The second kappa shape index (κ2) is 15.1. The molecule has 0 spiro atoms. The average molecular weight is 679 g/mol. The van der Waals surface area contributed by atoms with E-state index in [4.69, 9.17) is 29.4 Å². The number of sulfonamides is 1. The van der Waals surface area contributed by atoms with Crippen LogP contribution in [-0.2, 0) is 39.1 Å². The molecule has 1 heterocycles. The van der Waals surface area contributed by atoms with Crippen LogP contribution in [0.5, 0.6) is 11.5 Å². The van der Waals surface area contributed by atoms with Crippen LogP contribution in [-0.4, -0.2) is 92.4 Å². The van der Waals surface area contributed by atoms with E-state index in [1.54, 1.807) is 13.2 Å². The normalized spacial score (nSPS) is 12.8. The van der Waals surface area contributed by atoms with Crippen molar-refractivity contribution in [1.29, 1.82) is 0 Å². The maximum atomic E-state index is 13.6. The Morgan fingerprint density at radius 3 is 2.11 bits per heavy atom. The number of nitrogens with two attached hydrogens (primary N) is 1. The fraction of sp³-hybridized carbons (Fsp3) is 0.300. The number of carboxylic acids is 1. The Labute approximate surface area is 265 Å². The fourth-order valence-corrected chi connectivity index (χ4v) is 6.82. The lowest BCUT2D eigenvalue weighted by Crippen LogP contribution is -2.31. The molecule has 0 bridgehead atoms. The van der Waals surface area contributed by atoms with Crippen LogP contribution in [0, 0.1) is 0 Å². The minimum atomic E-state index is -4.95. The van der Waals surface area contributed by atoms with Gasteiger partial charge in [-0.2, -0.15) is 8.42 Å². The number of anilines is 1. The Bertz CT molecular complexity index is 1930. The summed E-state index contributed by atoms with van der Waals surface area (Å²) < 4.78 is 91.7. The number of benzene rings is 3. The molecule has 0 atom stereocenters. The molecule has 0 saturated heterocycles. The van der Waals surface area contributed by atoms with Crippen LogP contribution in [0.25, 0.3) is 12.2 Å². The monoisotopic (exact) mass is 678 g/mol. The number of rotatable bonds is 17. The van der Waals surface area contributed by atoms with Crippen molar-refractivity contribution in [3.63, 3.8) is 0 Å². The van der Waals surface area contributed by atoms with Crippen molar-refractivity contribution in [1.82, 2.24) is 4.72 Å². The van der Waals surface area contributed by atoms with E-state index in [9.17, 15) is 31.3 Å². The smallest absolute Gasteiger partial charge is 0.336 e. The fourth-order valence-electron chi connectivity index (χ4n) is 4.77. The molecule has 14 nitrogen and oxygen atoms in total. The molecule has 5 N–H and O–H groups in total. The Kier molecular flexibility index (Phi) is 11.5. The van der Waals surface area contributed by atoms with Gasteiger partial charge in [0.05, 0.1) is 57.5 Å². The zero-order valence-corrected chi connectivity index (χ0v) is 26.5. The molecule has 0 aromatic heterocycles. The molecule has 1 aliphatic heterocycles. The number of nitrogen functional groups attached to an aromatic ring is 1. The highest BCUT2D eigenvalue weighted by Gasteiger charge is 2.34. The highest BCUT2D eigenvalue weighted by Crippen LogP contribution is 2.44. The molecule has 4 rings (SSSR count). The zero-order chi connectivity index (χ0) is 33.5. The van der Waals surface area contributed by atoms with Gasteiger partial charge in [0, 0.05) is 30.0 Å². The van der Waals surface area contributed by atoms with Crippen LogP contribution in [0.3, 0.4) is 0 Å². The molecule has 3 aromatic rings. The number of nitrogens with one attached hydrogen (secondary N) is 1. The first-order chi connectivity index (χ1) is 21.9. The summed E-state index contributed by atoms with van der Waals surface area (Å²) in [6.07, 6.45) is 0. The molecule has 0 amide bonds. The molecule has 0 radical (unpaired) electrons. The van der Waals surface area contributed by atoms with Crippen LogP contribution in [0.1, 0.15) is 21.5 Å². The van der Waals surface area contributed by atoms with E-state index in [2.05, 4.69) is 11.3 Å². The number of methoxy groups -OCH3 is 1. The van der Waals surface area contributed by atoms with Crippen molar-refractivity contribution in [3.8, 4) is 11.5 Å².